The van der Waals surface area contributed by atoms with Crippen LogP contribution in [-0.4, -0.2) is 18.8 Å². The number of hydrogen-bond donors (Lipinski definition) is 1. The molecule has 0 spiro atoms. The van der Waals surface area contributed by atoms with Gasteiger partial charge in [-0.15, -0.1) is 0 Å². The van der Waals surface area contributed by atoms with Crippen molar-refractivity contribution in [3.63, 3.8) is 0 Å². The van der Waals surface area contributed by atoms with E-state index in [4.69, 9.17) is 10.5 Å². The second-order valence-electron chi connectivity index (χ2n) is 3.84. The highest BCUT2D eigenvalue weighted by Crippen LogP contribution is 2.09. The molecule has 0 aromatic carbocycles. The molecule has 0 rings (SSSR count). The quantitative estimate of drug-likeness (QED) is 0.593. The molecule has 0 aliphatic carbocycles. The molecule has 80 valence electrons. The molecule has 0 aromatic heterocycles. The predicted molar refractivity (Wildman–Crippen MR) is 57.8 cm³/mol. The molecule has 2 heteroatoms. The lowest BCUT2D eigenvalue weighted by Crippen LogP contribution is -2.24. The second kappa shape index (κ2) is 8.52. The smallest absolute Gasteiger partial charge is 0.0672 e. The van der Waals surface area contributed by atoms with E-state index >= 15 is 0 Å². The zero-order valence-electron chi connectivity index (χ0n) is 9.38. The topological polar surface area (TPSA) is 35.2 Å². The van der Waals surface area contributed by atoms with E-state index in [1.165, 1.54) is 32.1 Å². The normalized spacial score (nSPS) is 15.7. The van der Waals surface area contributed by atoms with Gasteiger partial charge in [0.15, 0.2) is 0 Å². The molecule has 0 heterocycles. The molecule has 0 fully saturated rings. The SMILES string of the molecule is CCCCCCC(C)OC(C)CN. The minimum atomic E-state index is 0.209. The van der Waals surface area contributed by atoms with Crippen molar-refractivity contribution >= 4 is 0 Å². The lowest BCUT2D eigenvalue weighted by Gasteiger charge is -2.17. The van der Waals surface area contributed by atoms with Gasteiger partial charge in [-0.25, -0.2) is 0 Å². The fourth-order valence-corrected chi connectivity index (χ4v) is 1.38. The zero-order chi connectivity index (χ0) is 10.1. The summed E-state index contributed by atoms with van der Waals surface area (Å²) >= 11 is 0. The third kappa shape index (κ3) is 8.26. The van der Waals surface area contributed by atoms with Crippen LogP contribution in [-0.2, 0) is 4.74 Å². The van der Waals surface area contributed by atoms with E-state index in [1.807, 2.05) is 6.92 Å². The first-order valence-electron chi connectivity index (χ1n) is 5.56. The number of unbranched alkanes of at least 4 members (excludes halogenated alkanes) is 3. The molecule has 0 radical (unpaired) electrons. The third-order valence-corrected chi connectivity index (χ3v) is 2.26. The Balaban J connectivity index is 3.24. The Morgan fingerprint density at radius 3 is 2.31 bits per heavy atom. The van der Waals surface area contributed by atoms with Gasteiger partial charge in [0.1, 0.15) is 0 Å². The summed E-state index contributed by atoms with van der Waals surface area (Å²) in [6.45, 7) is 7.02. The number of hydrogen-bond acceptors (Lipinski definition) is 2. The van der Waals surface area contributed by atoms with Gasteiger partial charge in [0.25, 0.3) is 0 Å². The van der Waals surface area contributed by atoms with Gasteiger partial charge >= 0.3 is 0 Å². The Labute approximate surface area is 82.8 Å². The van der Waals surface area contributed by atoms with Crippen LogP contribution in [0.1, 0.15) is 52.9 Å². The molecular weight excluding hydrogens is 162 g/mol. The van der Waals surface area contributed by atoms with Crippen molar-refractivity contribution in [1.82, 2.24) is 0 Å². The maximum atomic E-state index is 5.65. The van der Waals surface area contributed by atoms with Gasteiger partial charge in [0, 0.05) is 6.54 Å². The molecule has 0 aromatic rings. The third-order valence-electron chi connectivity index (χ3n) is 2.26. The van der Waals surface area contributed by atoms with E-state index in [9.17, 15) is 0 Å². The minimum absolute atomic E-state index is 0.209. The summed E-state index contributed by atoms with van der Waals surface area (Å²) in [6, 6.07) is 0. The standard InChI is InChI=1S/C11H25NO/c1-4-5-6-7-8-10(2)13-11(3)9-12/h10-11H,4-9,12H2,1-3H3. The average molecular weight is 187 g/mol. The Morgan fingerprint density at radius 2 is 1.77 bits per heavy atom. The highest BCUT2D eigenvalue weighted by atomic mass is 16.5. The largest absolute Gasteiger partial charge is 0.374 e. The van der Waals surface area contributed by atoms with Crippen molar-refractivity contribution in [2.24, 2.45) is 5.73 Å². The van der Waals surface area contributed by atoms with Gasteiger partial charge in [0.2, 0.25) is 0 Å². The van der Waals surface area contributed by atoms with Gasteiger partial charge in [0.05, 0.1) is 12.2 Å². The van der Waals surface area contributed by atoms with E-state index in [2.05, 4.69) is 13.8 Å². The molecule has 0 amide bonds. The van der Waals surface area contributed by atoms with Crippen LogP contribution in [0.25, 0.3) is 0 Å². The van der Waals surface area contributed by atoms with E-state index in [0.29, 0.717) is 12.6 Å². The van der Waals surface area contributed by atoms with Crippen LogP contribution in [0.5, 0.6) is 0 Å². The van der Waals surface area contributed by atoms with Crippen LogP contribution in [0, 0.1) is 0 Å². The molecule has 0 saturated carbocycles. The Kier molecular flexibility index (Phi) is 8.46. The maximum Gasteiger partial charge on any atom is 0.0672 e. The van der Waals surface area contributed by atoms with Crippen molar-refractivity contribution in [2.45, 2.75) is 65.1 Å². The number of ether oxygens (including phenoxy) is 1. The molecular formula is C11H25NO. The molecule has 0 saturated heterocycles. The minimum Gasteiger partial charge on any atom is -0.374 e. The Morgan fingerprint density at radius 1 is 1.08 bits per heavy atom. The van der Waals surface area contributed by atoms with Crippen LogP contribution in [0.3, 0.4) is 0 Å². The van der Waals surface area contributed by atoms with Gasteiger partial charge in [-0.3, -0.25) is 0 Å². The van der Waals surface area contributed by atoms with Gasteiger partial charge in [-0.2, -0.15) is 0 Å². The predicted octanol–water partition coefficient (Wildman–Crippen LogP) is 2.71. The van der Waals surface area contributed by atoms with E-state index < -0.39 is 0 Å². The fraction of sp³-hybridized carbons (Fsp3) is 1.00. The first kappa shape index (κ1) is 12.9. The first-order valence-corrected chi connectivity index (χ1v) is 5.56. The summed E-state index contributed by atoms with van der Waals surface area (Å²) in [5.41, 5.74) is 5.47. The zero-order valence-corrected chi connectivity index (χ0v) is 9.38. The fourth-order valence-electron chi connectivity index (χ4n) is 1.38. The summed E-state index contributed by atoms with van der Waals surface area (Å²) in [6.07, 6.45) is 7.02. The summed E-state index contributed by atoms with van der Waals surface area (Å²) in [5.74, 6) is 0. The van der Waals surface area contributed by atoms with Crippen molar-refractivity contribution in [2.75, 3.05) is 6.54 Å². The highest BCUT2D eigenvalue weighted by Gasteiger charge is 2.05. The monoisotopic (exact) mass is 187 g/mol. The molecule has 13 heavy (non-hydrogen) atoms. The van der Waals surface area contributed by atoms with Crippen LogP contribution in [0.4, 0.5) is 0 Å². The lowest BCUT2D eigenvalue weighted by molar-refractivity contribution is 0.00794. The Hall–Kier alpha value is -0.0800. The summed E-state index contributed by atoms with van der Waals surface area (Å²) in [7, 11) is 0. The van der Waals surface area contributed by atoms with Crippen LogP contribution < -0.4 is 5.73 Å². The van der Waals surface area contributed by atoms with Crippen molar-refractivity contribution in [3.05, 3.63) is 0 Å². The molecule has 2 N–H and O–H groups in total. The van der Waals surface area contributed by atoms with Gasteiger partial charge in [-0.1, -0.05) is 32.6 Å². The molecule has 2 unspecified atom stereocenters. The lowest BCUT2D eigenvalue weighted by atomic mass is 10.1. The van der Waals surface area contributed by atoms with Crippen molar-refractivity contribution < 1.29 is 4.74 Å². The summed E-state index contributed by atoms with van der Waals surface area (Å²) < 4.78 is 5.65. The van der Waals surface area contributed by atoms with Gasteiger partial charge in [-0.05, 0) is 20.3 Å². The van der Waals surface area contributed by atoms with Crippen molar-refractivity contribution in [3.8, 4) is 0 Å². The summed E-state index contributed by atoms with van der Waals surface area (Å²) in [4.78, 5) is 0. The number of rotatable bonds is 8. The molecule has 0 bridgehead atoms. The first-order chi connectivity index (χ1) is 6.20. The van der Waals surface area contributed by atoms with Crippen LogP contribution in [0.15, 0.2) is 0 Å². The second-order valence-corrected chi connectivity index (χ2v) is 3.84. The van der Waals surface area contributed by atoms with Crippen LogP contribution in [0.2, 0.25) is 0 Å². The molecule has 0 aliphatic rings. The molecule has 2 nitrogen and oxygen atoms in total. The Bertz CT molecular complexity index is 106. The van der Waals surface area contributed by atoms with E-state index in [0.717, 1.165) is 0 Å². The molecule has 0 aliphatic heterocycles. The molecule has 2 atom stereocenters. The van der Waals surface area contributed by atoms with E-state index in [1.54, 1.807) is 0 Å². The highest BCUT2D eigenvalue weighted by molar-refractivity contribution is 4.56. The van der Waals surface area contributed by atoms with Gasteiger partial charge < -0.3 is 10.5 Å². The van der Waals surface area contributed by atoms with Crippen molar-refractivity contribution in [1.29, 1.82) is 0 Å². The number of nitrogens with two attached hydrogens (primary N) is 1. The average Bonchev–Trinajstić information content (AvgIpc) is 2.12. The van der Waals surface area contributed by atoms with E-state index in [-0.39, 0.29) is 6.10 Å². The maximum absolute atomic E-state index is 5.65. The summed E-state index contributed by atoms with van der Waals surface area (Å²) in [5, 5.41) is 0. The van der Waals surface area contributed by atoms with Crippen LogP contribution >= 0.6 is 0 Å².